The number of nitrogens with one attached hydrogen (secondary N) is 2. The highest BCUT2D eigenvalue weighted by atomic mass is 16.6. The average molecular weight is 250 g/mol. The molecule has 102 valence electrons. The van der Waals surface area contributed by atoms with Crippen molar-refractivity contribution in [2.75, 3.05) is 14.1 Å². The van der Waals surface area contributed by atoms with Crippen LogP contribution in [-0.4, -0.2) is 20.1 Å². The first-order valence-corrected chi connectivity index (χ1v) is 6.24. The van der Waals surface area contributed by atoms with Crippen molar-refractivity contribution in [2.45, 2.75) is 33.2 Å². The van der Waals surface area contributed by atoms with Gasteiger partial charge < -0.3 is 10.2 Å². The van der Waals surface area contributed by atoms with Crippen LogP contribution in [0.4, 0.5) is 0 Å². The summed E-state index contributed by atoms with van der Waals surface area (Å²) in [5.41, 5.74) is 3.68. The van der Waals surface area contributed by atoms with E-state index >= 15 is 0 Å². The molecule has 0 heterocycles. The van der Waals surface area contributed by atoms with Crippen LogP contribution in [0.25, 0.3) is 0 Å². The molecule has 0 spiro atoms. The van der Waals surface area contributed by atoms with E-state index in [1.807, 2.05) is 33.1 Å². The van der Waals surface area contributed by atoms with Gasteiger partial charge in [0.15, 0.2) is 0 Å². The van der Waals surface area contributed by atoms with Crippen LogP contribution in [0.3, 0.4) is 0 Å². The minimum atomic E-state index is 0.567. The first kappa shape index (κ1) is 18.9. The van der Waals surface area contributed by atoms with Gasteiger partial charge in [0.1, 0.15) is 6.11 Å². The third-order valence-corrected chi connectivity index (χ3v) is 2.04. The SMILES string of the molecule is C#CONC.CC.CNC(C)Cc1ccccc1. The fraction of sp³-hybridized carbons (Fsp3) is 0.467. The molecule has 1 aromatic rings. The summed E-state index contributed by atoms with van der Waals surface area (Å²) in [5.74, 6) is 0. The molecule has 0 amide bonds. The fourth-order valence-corrected chi connectivity index (χ4v) is 1.13. The van der Waals surface area contributed by atoms with E-state index in [4.69, 9.17) is 0 Å². The van der Waals surface area contributed by atoms with Crippen LogP contribution in [0.2, 0.25) is 0 Å². The van der Waals surface area contributed by atoms with E-state index in [1.54, 1.807) is 7.05 Å². The second kappa shape index (κ2) is 15.5. The normalized spacial score (nSPS) is 9.78. The molecule has 3 heteroatoms. The molecule has 0 saturated carbocycles. The predicted octanol–water partition coefficient (Wildman–Crippen LogP) is 2.59. The van der Waals surface area contributed by atoms with Crippen LogP contribution >= 0.6 is 0 Å². The van der Waals surface area contributed by atoms with E-state index in [1.165, 1.54) is 5.56 Å². The van der Waals surface area contributed by atoms with E-state index < -0.39 is 0 Å². The molecule has 0 saturated heterocycles. The summed E-state index contributed by atoms with van der Waals surface area (Å²) in [7, 11) is 3.59. The van der Waals surface area contributed by atoms with Crippen LogP contribution in [0.15, 0.2) is 30.3 Å². The molecule has 18 heavy (non-hydrogen) atoms. The maximum Gasteiger partial charge on any atom is 0.134 e. The molecule has 1 rings (SSSR count). The van der Waals surface area contributed by atoms with Gasteiger partial charge >= 0.3 is 0 Å². The summed E-state index contributed by atoms with van der Waals surface area (Å²) >= 11 is 0. The second-order valence-electron chi connectivity index (χ2n) is 3.30. The maximum atomic E-state index is 4.60. The van der Waals surface area contributed by atoms with Crippen molar-refractivity contribution in [2.24, 2.45) is 0 Å². The Morgan fingerprint density at radius 3 is 2.11 bits per heavy atom. The average Bonchev–Trinajstić information content (AvgIpc) is 2.43. The van der Waals surface area contributed by atoms with E-state index in [9.17, 15) is 0 Å². The Morgan fingerprint density at radius 2 is 1.78 bits per heavy atom. The van der Waals surface area contributed by atoms with E-state index in [0.29, 0.717) is 6.04 Å². The zero-order valence-electron chi connectivity index (χ0n) is 12.2. The lowest BCUT2D eigenvalue weighted by molar-refractivity contribution is 0.184. The highest BCUT2D eigenvalue weighted by Gasteiger charge is 1.97. The van der Waals surface area contributed by atoms with Crippen molar-refractivity contribution >= 4 is 0 Å². The number of rotatable bonds is 4. The lowest BCUT2D eigenvalue weighted by atomic mass is 10.1. The van der Waals surface area contributed by atoms with Crippen LogP contribution in [0.5, 0.6) is 0 Å². The number of hydrogen-bond donors (Lipinski definition) is 2. The summed E-state index contributed by atoms with van der Waals surface area (Å²) in [6.45, 7) is 6.19. The van der Waals surface area contributed by atoms with Gasteiger partial charge in [0.25, 0.3) is 0 Å². The molecule has 3 nitrogen and oxygen atoms in total. The van der Waals surface area contributed by atoms with Gasteiger partial charge in [-0.3, -0.25) is 0 Å². The molecule has 0 aliphatic heterocycles. The third kappa shape index (κ3) is 12.6. The minimum absolute atomic E-state index is 0.567. The summed E-state index contributed by atoms with van der Waals surface area (Å²) in [5, 5.41) is 3.21. The number of benzene rings is 1. The van der Waals surface area contributed by atoms with Crippen LogP contribution in [0.1, 0.15) is 26.3 Å². The number of hydroxylamine groups is 1. The Kier molecular flexibility index (Phi) is 16.2. The maximum absolute atomic E-state index is 4.60. The lowest BCUT2D eigenvalue weighted by Crippen LogP contribution is -2.23. The minimum Gasteiger partial charge on any atom is -0.357 e. The molecule has 1 atom stereocenters. The highest BCUT2D eigenvalue weighted by molar-refractivity contribution is 5.15. The van der Waals surface area contributed by atoms with Gasteiger partial charge in [-0.1, -0.05) is 50.6 Å². The predicted molar refractivity (Wildman–Crippen MR) is 79.0 cm³/mol. The van der Waals surface area contributed by atoms with E-state index in [2.05, 4.69) is 53.2 Å². The molecular weight excluding hydrogens is 224 g/mol. The van der Waals surface area contributed by atoms with Gasteiger partial charge in [0.05, 0.1) is 0 Å². The number of terminal acetylenes is 1. The summed E-state index contributed by atoms with van der Waals surface area (Å²) in [4.78, 5) is 4.11. The van der Waals surface area contributed by atoms with Crippen LogP contribution in [-0.2, 0) is 11.3 Å². The molecule has 0 fully saturated rings. The summed E-state index contributed by atoms with van der Waals surface area (Å²) in [6.07, 6.45) is 7.62. The molecule has 0 aliphatic carbocycles. The zero-order chi connectivity index (χ0) is 14.2. The van der Waals surface area contributed by atoms with Crippen LogP contribution < -0.4 is 10.8 Å². The van der Waals surface area contributed by atoms with Crippen LogP contribution in [0, 0.1) is 12.5 Å². The molecule has 0 aliphatic rings. The van der Waals surface area contributed by atoms with Crippen molar-refractivity contribution in [3.63, 3.8) is 0 Å². The topological polar surface area (TPSA) is 33.3 Å². The van der Waals surface area contributed by atoms with Gasteiger partial charge in [0, 0.05) is 13.1 Å². The molecule has 2 N–H and O–H groups in total. The summed E-state index contributed by atoms with van der Waals surface area (Å²) in [6, 6.07) is 11.1. The molecule has 0 bridgehead atoms. The van der Waals surface area contributed by atoms with Crippen molar-refractivity contribution in [3.05, 3.63) is 35.9 Å². The zero-order valence-corrected chi connectivity index (χ0v) is 12.2. The molecular formula is C15H26N2O. The van der Waals surface area contributed by atoms with Crippen molar-refractivity contribution in [1.29, 1.82) is 0 Å². The smallest absolute Gasteiger partial charge is 0.134 e. The summed E-state index contributed by atoms with van der Waals surface area (Å²) < 4.78 is 0. The van der Waals surface area contributed by atoms with Gasteiger partial charge in [-0.2, -0.15) is 0 Å². The van der Waals surface area contributed by atoms with Gasteiger partial charge in [-0.25, -0.2) is 0 Å². The van der Waals surface area contributed by atoms with Gasteiger partial charge in [-0.15, -0.1) is 5.48 Å². The quantitative estimate of drug-likeness (QED) is 0.636. The Balaban J connectivity index is 0. The molecule has 0 radical (unpaired) electrons. The van der Waals surface area contributed by atoms with Crippen molar-refractivity contribution < 1.29 is 4.84 Å². The van der Waals surface area contributed by atoms with E-state index in [-0.39, 0.29) is 0 Å². The van der Waals surface area contributed by atoms with Crippen molar-refractivity contribution in [3.8, 4) is 12.5 Å². The highest BCUT2D eigenvalue weighted by Crippen LogP contribution is 2.01. The Bertz CT molecular complexity index is 293. The molecule has 1 aromatic carbocycles. The first-order chi connectivity index (χ1) is 8.74. The number of likely N-dealkylation sites (N-methyl/N-ethyl adjacent to an activating group) is 1. The van der Waals surface area contributed by atoms with Gasteiger partial charge in [0.2, 0.25) is 0 Å². The Hall–Kier alpha value is -1.50. The molecule has 1 unspecified atom stereocenters. The Morgan fingerprint density at radius 1 is 1.22 bits per heavy atom. The number of hydrogen-bond acceptors (Lipinski definition) is 3. The third-order valence-electron chi connectivity index (χ3n) is 2.04. The fourth-order valence-electron chi connectivity index (χ4n) is 1.13. The van der Waals surface area contributed by atoms with E-state index in [0.717, 1.165) is 6.42 Å². The van der Waals surface area contributed by atoms with Crippen molar-refractivity contribution in [1.82, 2.24) is 10.8 Å². The van der Waals surface area contributed by atoms with Gasteiger partial charge in [-0.05, 0) is 26.0 Å². The largest absolute Gasteiger partial charge is 0.357 e. The first-order valence-electron chi connectivity index (χ1n) is 6.24. The Labute approximate surface area is 112 Å². The lowest BCUT2D eigenvalue weighted by Gasteiger charge is -2.08. The second-order valence-corrected chi connectivity index (χ2v) is 3.30. The molecule has 0 aromatic heterocycles. The standard InChI is InChI=1S/C10H15N.C3H5NO.C2H6/c1-9(11-2)8-10-6-4-3-5-7-10;1-3-5-4-2;1-2/h3-7,9,11H,8H2,1-2H3;1,4H,2H3;1-2H3. The monoisotopic (exact) mass is 250 g/mol.